The van der Waals surface area contributed by atoms with E-state index in [9.17, 15) is 14.4 Å². The predicted molar refractivity (Wildman–Crippen MR) is 182 cm³/mol. The Morgan fingerprint density at radius 1 is 0.830 bits per heavy atom. The highest BCUT2D eigenvalue weighted by Crippen LogP contribution is 2.21. The molecular weight excluding hydrogens is 598 g/mol. The highest BCUT2D eigenvalue weighted by atomic mass is 16.6. The van der Waals surface area contributed by atoms with Crippen LogP contribution in [0.4, 0.5) is 15.5 Å². The van der Waals surface area contributed by atoms with Gasteiger partial charge in [-0.15, -0.1) is 5.10 Å². The smallest absolute Gasteiger partial charge is 0.421 e. The third kappa shape index (κ3) is 12.8. The van der Waals surface area contributed by atoms with E-state index in [1.807, 2.05) is 30.5 Å². The van der Waals surface area contributed by atoms with Crippen LogP contribution in [0.1, 0.15) is 114 Å². The summed E-state index contributed by atoms with van der Waals surface area (Å²) in [6.45, 7) is 13.9. The molecule has 0 spiro atoms. The first-order valence-electron chi connectivity index (χ1n) is 16.7. The van der Waals surface area contributed by atoms with E-state index in [1.54, 1.807) is 52.4 Å². The van der Waals surface area contributed by atoms with Crippen LogP contribution in [0.15, 0.2) is 36.7 Å². The lowest BCUT2D eigenvalue weighted by Crippen LogP contribution is -2.37. The van der Waals surface area contributed by atoms with Crippen LogP contribution < -0.4 is 10.2 Å². The minimum atomic E-state index is -0.709. The van der Waals surface area contributed by atoms with Crippen molar-refractivity contribution in [2.45, 2.75) is 124 Å². The van der Waals surface area contributed by atoms with E-state index in [0.717, 1.165) is 37.8 Å². The molecule has 12 heteroatoms. The molecular formula is C35H53N7O5. The normalized spacial score (nSPS) is 11.7. The quantitative estimate of drug-likeness (QED) is 0.179. The van der Waals surface area contributed by atoms with Crippen LogP contribution in [0.3, 0.4) is 0 Å². The molecule has 0 aliphatic carbocycles. The van der Waals surface area contributed by atoms with Crippen molar-refractivity contribution in [1.82, 2.24) is 29.9 Å². The molecule has 1 N–H and O–H groups in total. The number of imidazole rings is 1. The Kier molecular flexibility index (Phi) is 13.5. The number of amides is 2. The summed E-state index contributed by atoms with van der Waals surface area (Å²) in [6, 6.07) is 7.84. The summed E-state index contributed by atoms with van der Waals surface area (Å²) in [6.07, 6.45) is 11.0. The van der Waals surface area contributed by atoms with Crippen molar-refractivity contribution in [3.8, 4) is 0 Å². The zero-order valence-corrected chi connectivity index (χ0v) is 29.5. The number of ether oxygens (including phenoxy) is 2. The molecule has 12 nitrogen and oxygen atoms in total. The number of carbonyl (C=O) groups excluding carboxylic acids is 3. The Hall–Kier alpha value is -4.22. The molecule has 0 radical (unpaired) electrons. The van der Waals surface area contributed by atoms with E-state index in [0.29, 0.717) is 30.8 Å². The van der Waals surface area contributed by atoms with Gasteiger partial charge in [-0.1, -0.05) is 43.5 Å². The van der Waals surface area contributed by atoms with Crippen molar-refractivity contribution in [3.63, 3.8) is 0 Å². The van der Waals surface area contributed by atoms with Crippen LogP contribution in [-0.2, 0) is 35.3 Å². The van der Waals surface area contributed by atoms with Crippen molar-refractivity contribution in [3.05, 3.63) is 59.2 Å². The van der Waals surface area contributed by atoms with Gasteiger partial charge in [-0.2, -0.15) is 0 Å². The molecule has 2 heterocycles. The maximum atomic E-state index is 12.9. The third-order valence-corrected chi connectivity index (χ3v) is 7.16. The van der Waals surface area contributed by atoms with Gasteiger partial charge in [0.15, 0.2) is 0 Å². The van der Waals surface area contributed by atoms with Gasteiger partial charge in [0.2, 0.25) is 5.95 Å². The molecule has 2 aromatic heterocycles. The molecule has 0 atom stereocenters. The number of aryl methyl sites for hydroxylation is 3. The number of hydrogen-bond acceptors (Lipinski definition) is 8. The highest BCUT2D eigenvalue weighted by Gasteiger charge is 2.28. The Bertz CT molecular complexity index is 1450. The van der Waals surface area contributed by atoms with E-state index < -0.39 is 23.4 Å². The number of unbranched alkanes of at least 4 members (excludes halogenated alkanes) is 4. The molecule has 0 unspecified atom stereocenters. The van der Waals surface area contributed by atoms with Gasteiger partial charge >= 0.3 is 12.2 Å². The summed E-state index contributed by atoms with van der Waals surface area (Å²) >= 11 is 0. The second-order valence-corrected chi connectivity index (χ2v) is 13.9. The number of anilines is 1. The number of nitrogens with zero attached hydrogens (tertiary/aromatic N) is 6. The van der Waals surface area contributed by atoms with Gasteiger partial charge in [0, 0.05) is 31.5 Å². The Labute approximate surface area is 279 Å². The minimum Gasteiger partial charge on any atom is -0.443 e. The van der Waals surface area contributed by atoms with Gasteiger partial charge < -0.3 is 14.8 Å². The molecule has 258 valence electrons. The highest BCUT2D eigenvalue weighted by molar-refractivity contribution is 5.94. The third-order valence-electron chi connectivity index (χ3n) is 7.16. The molecule has 3 rings (SSSR count). The molecule has 0 saturated carbocycles. The summed E-state index contributed by atoms with van der Waals surface area (Å²) in [5.74, 6) is 0.0528. The number of hydrogen-bond donors (Lipinski definition) is 1. The van der Waals surface area contributed by atoms with Gasteiger partial charge in [0.1, 0.15) is 11.2 Å². The number of aromatic nitrogens is 5. The summed E-state index contributed by atoms with van der Waals surface area (Å²) < 4.78 is 14.0. The molecule has 0 fully saturated rings. The molecule has 2 amide bonds. The van der Waals surface area contributed by atoms with Crippen LogP contribution in [0, 0.1) is 0 Å². The van der Waals surface area contributed by atoms with Crippen molar-refractivity contribution < 1.29 is 23.9 Å². The number of rotatable bonds is 15. The van der Waals surface area contributed by atoms with Gasteiger partial charge in [-0.25, -0.2) is 24.0 Å². The first kappa shape index (κ1) is 37.2. The van der Waals surface area contributed by atoms with Gasteiger partial charge in [-0.3, -0.25) is 9.48 Å². The standard InChI is InChI=1S/C35H53N7O5/c1-9-10-12-15-26-18-20-27(21-19-26)30(43)36-22-23-41-24-29(38-39-41)17-14-11-13-16-28-25-42(33(45)47-35(5,6)7)31(37-28)40(8)32(44)46-34(2,3)4/h18-21,24-25H,9-17,22-23H2,1-8H3,(H,36,43). The minimum absolute atomic E-state index is 0.0926. The molecule has 0 saturated heterocycles. The van der Waals surface area contributed by atoms with Gasteiger partial charge in [0.25, 0.3) is 5.91 Å². The second-order valence-electron chi connectivity index (χ2n) is 13.9. The Morgan fingerprint density at radius 2 is 1.47 bits per heavy atom. The zero-order chi connectivity index (χ0) is 34.6. The lowest BCUT2D eigenvalue weighted by atomic mass is 10.1. The number of benzene rings is 1. The van der Waals surface area contributed by atoms with Gasteiger partial charge in [-0.05, 0) is 97.8 Å². The predicted octanol–water partition coefficient (Wildman–Crippen LogP) is 6.75. The van der Waals surface area contributed by atoms with Crippen LogP contribution in [0.25, 0.3) is 0 Å². The number of carbonyl (C=O) groups is 3. The van der Waals surface area contributed by atoms with Crippen LogP contribution in [0.5, 0.6) is 0 Å². The average molecular weight is 652 g/mol. The molecule has 0 bridgehead atoms. The van der Waals surface area contributed by atoms with Gasteiger partial charge in [0.05, 0.1) is 17.9 Å². The SMILES string of the molecule is CCCCCc1ccc(C(=O)NCCn2cc(CCCCCc3cn(C(=O)OC(C)(C)C)c(N(C)C(=O)OC(C)(C)C)n3)nn2)cc1. The second kappa shape index (κ2) is 17.1. The van der Waals surface area contributed by atoms with Crippen molar-refractivity contribution in [1.29, 1.82) is 0 Å². The maximum absolute atomic E-state index is 12.9. The first-order valence-corrected chi connectivity index (χ1v) is 16.7. The van der Waals surface area contributed by atoms with E-state index >= 15 is 0 Å². The summed E-state index contributed by atoms with van der Waals surface area (Å²) in [5.41, 5.74) is 2.09. The molecule has 1 aromatic carbocycles. The topological polar surface area (TPSA) is 133 Å². The zero-order valence-electron chi connectivity index (χ0n) is 29.5. The molecule has 0 aliphatic rings. The van der Waals surface area contributed by atoms with Crippen molar-refractivity contribution >= 4 is 24.0 Å². The summed E-state index contributed by atoms with van der Waals surface area (Å²) in [5, 5.41) is 11.4. The van der Waals surface area contributed by atoms with Crippen LogP contribution >= 0.6 is 0 Å². The fourth-order valence-corrected chi connectivity index (χ4v) is 4.77. The van der Waals surface area contributed by atoms with Crippen LogP contribution in [-0.4, -0.2) is 67.4 Å². The number of nitrogens with one attached hydrogen (secondary N) is 1. The summed E-state index contributed by atoms with van der Waals surface area (Å²) in [7, 11) is 1.52. The average Bonchev–Trinajstić information content (AvgIpc) is 3.62. The Balaban J connectivity index is 1.44. The Morgan fingerprint density at radius 3 is 2.11 bits per heavy atom. The maximum Gasteiger partial charge on any atom is 0.421 e. The van der Waals surface area contributed by atoms with E-state index in [-0.39, 0.29) is 11.9 Å². The van der Waals surface area contributed by atoms with Crippen LogP contribution in [0.2, 0.25) is 0 Å². The molecule has 47 heavy (non-hydrogen) atoms. The fraction of sp³-hybridized carbons (Fsp3) is 0.600. The molecule has 3 aromatic rings. The van der Waals surface area contributed by atoms with E-state index in [4.69, 9.17) is 9.47 Å². The lowest BCUT2D eigenvalue weighted by molar-refractivity contribution is 0.0533. The first-order chi connectivity index (χ1) is 22.1. The van der Waals surface area contributed by atoms with E-state index in [2.05, 4.69) is 27.5 Å². The molecule has 0 aliphatic heterocycles. The van der Waals surface area contributed by atoms with Crippen molar-refractivity contribution in [2.24, 2.45) is 0 Å². The summed E-state index contributed by atoms with van der Waals surface area (Å²) in [4.78, 5) is 44.0. The largest absolute Gasteiger partial charge is 0.443 e. The fourth-order valence-electron chi connectivity index (χ4n) is 4.77. The lowest BCUT2D eigenvalue weighted by Gasteiger charge is -2.25. The van der Waals surface area contributed by atoms with E-state index in [1.165, 1.54) is 41.3 Å². The van der Waals surface area contributed by atoms with Crippen molar-refractivity contribution in [2.75, 3.05) is 18.5 Å². The monoisotopic (exact) mass is 651 g/mol.